The van der Waals surface area contributed by atoms with Crippen LogP contribution < -0.4 is 0 Å². The van der Waals surface area contributed by atoms with E-state index >= 15 is 0 Å². The Hall–Kier alpha value is -1.73. The SMILES string of the molecule is CC1=CC(=O)N(CCCCCC(=O)OOOC(C)(C)C(C)C)C1=O. The number of imide groups is 1. The van der Waals surface area contributed by atoms with E-state index in [1.54, 1.807) is 6.92 Å². The molecule has 0 saturated carbocycles. The quantitative estimate of drug-likeness (QED) is 0.263. The van der Waals surface area contributed by atoms with Crippen LogP contribution in [-0.4, -0.2) is 34.8 Å². The van der Waals surface area contributed by atoms with E-state index in [0.29, 0.717) is 31.4 Å². The lowest BCUT2D eigenvalue weighted by Crippen LogP contribution is -2.31. The van der Waals surface area contributed by atoms with Crippen LogP contribution in [0.1, 0.15) is 60.3 Å². The van der Waals surface area contributed by atoms with Gasteiger partial charge in [0.15, 0.2) is 0 Å². The van der Waals surface area contributed by atoms with Gasteiger partial charge in [-0.15, -0.1) is 0 Å². The van der Waals surface area contributed by atoms with E-state index in [-0.39, 0.29) is 24.2 Å². The second-order valence-electron chi connectivity index (χ2n) is 6.80. The van der Waals surface area contributed by atoms with Crippen molar-refractivity contribution in [1.82, 2.24) is 4.90 Å². The summed E-state index contributed by atoms with van der Waals surface area (Å²) in [7, 11) is 0. The highest BCUT2D eigenvalue weighted by atomic mass is 17.5. The molecular weight excluding hydrogens is 314 g/mol. The average molecular weight is 341 g/mol. The third kappa shape index (κ3) is 6.05. The number of hydrogen-bond acceptors (Lipinski definition) is 6. The lowest BCUT2D eigenvalue weighted by Gasteiger charge is -2.25. The standard InChI is InChI=1S/C17H27NO6/c1-12(2)17(4,5)23-24-22-15(20)9-7-6-8-10-18-14(19)11-13(3)16(18)21/h11-12H,6-10H2,1-5H3. The van der Waals surface area contributed by atoms with Crippen molar-refractivity contribution in [3.8, 4) is 0 Å². The van der Waals surface area contributed by atoms with Crippen LogP contribution in [0.15, 0.2) is 11.6 Å². The Bertz CT molecular complexity index is 509. The van der Waals surface area contributed by atoms with E-state index in [9.17, 15) is 14.4 Å². The predicted molar refractivity (Wildman–Crippen MR) is 86.1 cm³/mol. The number of carbonyl (C=O) groups excluding carboxylic acids is 3. The molecule has 136 valence electrons. The Morgan fingerprint density at radius 1 is 1.21 bits per heavy atom. The van der Waals surface area contributed by atoms with Crippen LogP contribution in [0.25, 0.3) is 0 Å². The molecule has 0 saturated heterocycles. The molecule has 1 aliphatic rings. The maximum Gasteiger partial charge on any atom is 0.345 e. The molecule has 0 aromatic heterocycles. The number of carbonyl (C=O) groups is 3. The first kappa shape index (κ1) is 20.3. The zero-order valence-corrected chi connectivity index (χ0v) is 15.1. The minimum absolute atomic E-state index is 0.185. The molecule has 0 aromatic carbocycles. The molecule has 7 heteroatoms. The number of hydrogen-bond donors (Lipinski definition) is 0. The average Bonchev–Trinajstić information content (AvgIpc) is 2.72. The second-order valence-corrected chi connectivity index (χ2v) is 6.80. The number of unbranched alkanes of at least 4 members (excludes halogenated alkanes) is 2. The van der Waals surface area contributed by atoms with Crippen LogP contribution in [0.4, 0.5) is 0 Å². The number of rotatable bonds is 10. The van der Waals surface area contributed by atoms with Crippen LogP contribution in [0.5, 0.6) is 0 Å². The van der Waals surface area contributed by atoms with Gasteiger partial charge in [-0.2, -0.15) is 4.89 Å². The van der Waals surface area contributed by atoms with E-state index in [0.717, 1.165) is 0 Å². The molecular formula is C17H27NO6. The van der Waals surface area contributed by atoms with Crippen molar-refractivity contribution in [2.24, 2.45) is 5.92 Å². The van der Waals surface area contributed by atoms with Crippen molar-refractivity contribution >= 4 is 17.8 Å². The van der Waals surface area contributed by atoms with Gasteiger partial charge >= 0.3 is 5.97 Å². The molecule has 0 unspecified atom stereocenters. The molecule has 7 nitrogen and oxygen atoms in total. The highest BCUT2D eigenvalue weighted by Crippen LogP contribution is 2.20. The predicted octanol–water partition coefficient (Wildman–Crippen LogP) is 2.70. The van der Waals surface area contributed by atoms with Crippen molar-refractivity contribution in [2.45, 2.75) is 65.9 Å². The fraction of sp³-hybridized carbons (Fsp3) is 0.706. The highest BCUT2D eigenvalue weighted by molar-refractivity contribution is 6.15. The Labute approximate surface area is 142 Å². The van der Waals surface area contributed by atoms with Crippen molar-refractivity contribution in [3.05, 3.63) is 11.6 Å². The minimum Gasteiger partial charge on any atom is -0.275 e. The largest absolute Gasteiger partial charge is 0.345 e. The summed E-state index contributed by atoms with van der Waals surface area (Å²) in [6, 6.07) is 0. The molecule has 2 amide bonds. The smallest absolute Gasteiger partial charge is 0.275 e. The molecule has 0 aromatic rings. The third-order valence-corrected chi connectivity index (χ3v) is 4.22. The van der Waals surface area contributed by atoms with Gasteiger partial charge in [0, 0.05) is 24.6 Å². The van der Waals surface area contributed by atoms with Gasteiger partial charge in [-0.3, -0.25) is 19.4 Å². The molecule has 0 N–H and O–H groups in total. The topological polar surface area (TPSA) is 82.1 Å². The van der Waals surface area contributed by atoms with Crippen LogP contribution in [-0.2, 0) is 29.2 Å². The first-order valence-electron chi connectivity index (χ1n) is 8.24. The van der Waals surface area contributed by atoms with Gasteiger partial charge in [-0.05, 0) is 44.6 Å². The molecule has 1 heterocycles. The Balaban J connectivity index is 2.10. The van der Waals surface area contributed by atoms with E-state index in [1.807, 2.05) is 27.7 Å². The molecule has 1 aliphatic heterocycles. The monoisotopic (exact) mass is 341 g/mol. The summed E-state index contributed by atoms with van der Waals surface area (Å²) in [5.41, 5.74) is -0.0913. The number of nitrogens with zero attached hydrogens (tertiary/aromatic N) is 1. The molecule has 0 fully saturated rings. The van der Waals surface area contributed by atoms with Crippen LogP contribution in [0, 0.1) is 5.92 Å². The van der Waals surface area contributed by atoms with Gasteiger partial charge in [-0.1, -0.05) is 20.3 Å². The fourth-order valence-electron chi connectivity index (χ4n) is 1.85. The Morgan fingerprint density at radius 3 is 2.42 bits per heavy atom. The lowest BCUT2D eigenvalue weighted by molar-refractivity contribution is -0.520. The van der Waals surface area contributed by atoms with E-state index in [1.165, 1.54) is 11.0 Å². The summed E-state index contributed by atoms with van der Waals surface area (Å²) in [5.74, 6) is -0.821. The van der Waals surface area contributed by atoms with Gasteiger partial charge < -0.3 is 0 Å². The van der Waals surface area contributed by atoms with Gasteiger partial charge in [0.25, 0.3) is 11.8 Å². The molecule has 0 aliphatic carbocycles. The van der Waals surface area contributed by atoms with Crippen molar-refractivity contribution in [3.63, 3.8) is 0 Å². The van der Waals surface area contributed by atoms with Crippen molar-refractivity contribution in [2.75, 3.05) is 6.54 Å². The Morgan fingerprint density at radius 2 is 1.88 bits per heavy atom. The minimum atomic E-state index is -0.554. The maximum atomic E-state index is 11.7. The molecule has 0 bridgehead atoms. The molecule has 0 atom stereocenters. The van der Waals surface area contributed by atoms with Crippen LogP contribution in [0.2, 0.25) is 0 Å². The fourth-order valence-corrected chi connectivity index (χ4v) is 1.85. The summed E-state index contributed by atoms with van der Waals surface area (Å²) in [4.78, 5) is 45.6. The lowest BCUT2D eigenvalue weighted by atomic mass is 9.95. The van der Waals surface area contributed by atoms with Gasteiger partial charge in [0.1, 0.15) is 5.60 Å². The zero-order valence-electron chi connectivity index (χ0n) is 15.1. The van der Waals surface area contributed by atoms with Gasteiger partial charge in [-0.25, -0.2) is 4.79 Å². The number of amides is 2. The first-order chi connectivity index (χ1) is 11.1. The summed E-state index contributed by atoms with van der Waals surface area (Å²) in [6.07, 6.45) is 3.45. The third-order valence-electron chi connectivity index (χ3n) is 4.22. The van der Waals surface area contributed by atoms with Gasteiger partial charge in [0.2, 0.25) is 0 Å². The molecule has 0 spiro atoms. The molecule has 24 heavy (non-hydrogen) atoms. The van der Waals surface area contributed by atoms with Crippen LogP contribution in [0.3, 0.4) is 0 Å². The van der Waals surface area contributed by atoms with E-state index in [4.69, 9.17) is 4.89 Å². The molecule has 0 radical (unpaired) electrons. The van der Waals surface area contributed by atoms with Crippen LogP contribution >= 0.6 is 0 Å². The van der Waals surface area contributed by atoms with E-state index in [2.05, 4.69) is 9.93 Å². The highest BCUT2D eigenvalue weighted by Gasteiger charge is 2.27. The zero-order chi connectivity index (χ0) is 18.3. The summed E-state index contributed by atoms with van der Waals surface area (Å²) in [6.45, 7) is 9.60. The Kier molecular flexibility index (Phi) is 7.57. The summed E-state index contributed by atoms with van der Waals surface area (Å²) in [5, 5.41) is 4.55. The van der Waals surface area contributed by atoms with Crippen molar-refractivity contribution < 1.29 is 29.2 Å². The van der Waals surface area contributed by atoms with Gasteiger partial charge in [0.05, 0.1) is 0 Å². The summed E-state index contributed by atoms with van der Waals surface area (Å²) >= 11 is 0. The van der Waals surface area contributed by atoms with E-state index < -0.39 is 11.6 Å². The first-order valence-corrected chi connectivity index (χ1v) is 8.24. The second kappa shape index (κ2) is 8.94. The van der Waals surface area contributed by atoms with Crippen molar-refractivity contribution in [1.29, 1.82) is 0 Å². The molecule has 1 rings (SSSR count). The summed E-state index contributed by atoms with van der Waals surface area (Å²) < 4.78 is 0. The maximum absolute atomic E-state index is 11.7. The normalized spacial score (nSPS) is 15.2.